The van der Waals surface area contributed by atoms with Crippen LogP contribution in [0.4, 0.5) is 5.69 Å². The predicted molar refractivity (Wildman–Crippen MR) is 98.0 cm³/mol. The van der Waals surface area contributed by atoms with Gasteiger partial charge in [0.25, 0.3) is 5.91 Å². The van der Waals surface area contributed by atoms with Crippen LogP contribution in [-0.2, 0) is 0 Å². The summed E-state index contributed by atoms with van der Waals surface area (Å²) in [5.74, 6) is 0.179. The number of nitrogens with one attached hydrogen (secondary N) is 1. The maximum absolute atomic E-state index is 13.0. The Balaban J connectivity index is 1.82. The fraction of sp³-hybridized carbons (Fsp3) is 0.0500. The Bertz CT molecular complexity index is 1090. The summed E-state index contributed by atoms with van der Waals surface area (Å²) in [6.07, 6.45) is 3.28. The summed E-state index contributed by atoms with van der Waals surface area (Å²) < 4.78 is 5.36. The van der Waals surface area contributed by atoms with Gasteiger partial charge < -0.3 is 10.1 Å². The molecule has 0 radical (unpaired) electrons. The standard InChI is InChI=1S/C20H15N3O2/c1-25-17-12-22-15-9-3-2-8-14(15)18(17)20(24)23-16-10-4-6-13-7-5-11-21-19(13)16/h2-12H,1H3,(H,23,24). The van der Waals surface area contributed by atoms with Crippen molar-refractivity contribution in [1.29, 1.82) is 0 Å². The molecule has 122 valence electrons. The molecule has 0 aliphatic rings. The molecule has 1 N–H and O–H groups in total. The summed E-state index contributed by atoms with van der Waals surface area (Å²) in [6.45, 7) is 0. The van der Waals surface area contributed by atoms with E-state index in [4.69, 9.17) is 4.74 Å². The fourth-order valence-corrected chi connectivity index (χ4v) is 2.90. The van der Waals surface area contributed by atoms with E-state index in [0.29, 0.717) is 17.0 Å². The van der Waals surface area contributed by atoms with Gasteiger partial charge in [-0.3, -0.25) is 14.8 Å². The van der Waals surface area contributed by atoms with E-state index in [0.717, 1.165) is 21.8 Å². The smallest absolute Gasteiger partial charge is 0.260 e. The quantitative estimate of drug-likeness (QED) is 0.616. The molecular weight excluding hydrogens is 314 g/mol. The van der Waals surface area contributed by atoms with E-state index in [-0.39, 0.29) is 5.91 Å². The molecule has 0 bridgehead atoms. The van der Waals surface area contributed by atoms with Gasteiger partial charge in [0, 0.05) is 17.0 Å². The molecular formula is C20H15N3O2. The molecule has 5 nitrogen and oxygen atoms in total. The van der Waals surface area contributed by atoms with Gasteiger partial charge in [0.1, 0.15) is 0 Å². The fourth-order valence-electron chi connectivity index (χ4n) is 2.90. The van der Waals surface area contributed by atoms with Crippen LogP contribution in [0.15, 0.2) is 67.0 Å². The highest BCUT2D eigenvalue weighted by molar-refractivity contribution is 6.16. The molecule has 25 heavy (non-hydrogen) atoms. The number of methoxy groups -OCH3 is 1. The molecule has 4 rings (SSSR count). The summed E-state index contributed by atoms with van der Waals surface area (Å²) in [5.41, 5.74) is 2.60. The van der Waals surface area contributed by atoms with E-state index in [1.165, 1.54) is 7.11 Å². The highest BCUT2D eigenvalue weighted by Crippen LogP contribution is 2.28. The van der Waals surface area contributed by atoms with Crippen molar-refractivity contribution in [2.45, 2.75) is 0 Å². The Hall–Kier alpha value is -3.47. The van der Waals surface area contributed by atoms with Gasteiger partial charge in [-0.15, -0.1) is 0 Å². The van der Waals surface area contributed by atoms with Gasteiger partial charge in [-0.1, -0.05) is 36.4 Å². The zero-order valence-corrected chi connectivity index (χ0v) is 13.6. The van der Waals surface area contributed by atoms with Crippen LogP contribution < -0.4 is 10.1 Å². The molecule has 5 heteroatoms. The lowest BCUT2D eigenvalue weighted by atomic mass is 10.1. The Morgan fingerprint density at radius 1 is 1.00 bits per heavy atom. The highest BCUT2D eigenvalue weighted by atomic mass is 16.5. The number of rotatable bonds is 3. The summed E-state index contributed by atoms with van der Waals surface area (Å²) in [4.78, 5) is 21.7. The summed E-state index contributed by atoms with van der Waals surface area (Å²) >= 11 is 0. The molecule has 4 aromatic rings. The number of amides is 1. The second-order valence-electron chi connectivity index (χ2n) is 5.55. The number of carbonyl (C=O) groups excluding carboxylic acids is 1. The molecule has 2 aromatic carbocycles. The van der Waals surface area contributed by atoms with Gasteiger partial charge in [-0.25, -0.2) is 0 Å². The minimum absolute atomic E-state index is 0.256. The third-order valence-corrected chi connectivity index (χ3v) is 4.07. The lowest BCUT2D eigenvalue weighted by molar-refractivity contribution is 0.102. The van der Waals surface area contributed by atoms with Crippen molar-refractivity contribution >= 4 is 33.4 Å². The molecule has 0 spiro atoms. The maximum atomic E-state index is 13.0. The zero-order valence-electron chi connectivity index (χ0n) is 13.6. The van der Waals surface area contributed by atoms with Crippen molar-refractivity contribution in [3.63, 3.8) is 0 Å². The number of benzene rings is 2. The first-order valence-corrected chi connectivity index (χ1v) is 7.85. The van der Waals surface area contributed by atoms with Crippen LogP contribution in [0.5, 0.6) is 5.75 Å². The molecule has 1 amide bonds. The second kappa shape index (κ2) is 6.20. The van der Waals surface area contributed by atoms with Crippen LogP contribution in [0.3, 0.4) is 0 Å². The normalized spacial score (nSPS) is 10.8. The average molecular weight is 329 g/mol. The molecule has 0 saturated heterocycles. The number of anilines is 1. The number of pyridine rings is 2. The predicted octanol–water partition coefficient (Wildman–Crippen LogP) is 4.04. The number of aromatic nitrogens is 2. The van der Waals surface area contributed by atoms with Gasteiger partial charge in [-0.05, 0) is 18.2 Å². The molecule has 0 fully saturated rings. The first kappa shape index (κ1) is 15.1. The van der Waals surface area contributed by atoms with Crippen LogP contribution in [0, 0.1) is 0 Å². The Morgan fingerprint density at radius 3 is 2.72 bits per heavy atom. The van der Waals surface area contributed by atoms with Crippen molar-refractivity contribution in [2.75, 3.05) is 12.4 Å². The number of ether oxygens (including phenoxy) is 1. The van der Waals surface area contributed by atoms with E-state index < -0.39 is 0 Å². The molecule has 0 unspecified atom stereocenters. The highest BCUT2D eigenvalue weighted by Gasteiger charge is 2.18. The molecule has 2 heterocycles. The zero-order chi connectivity index (χ0) is 17.2. The third-order valence-electron chi connectivity index (χ3n) is 4.07. The van der Waals surface area contributed by atoms with Crippen LogP contribution in [0.1, 0.15) is 10.4 Å². The number of hydrogen-bond donors (Lipinski definition) is 1. The second-order valence-corrected chi connectivity index (χ2v) is 5.55. The first-order chi connectivity index (χ1) is 12.3. The summed E-state index contributed by atoms with van der Waals surface area (Å²) in [6, 6.07) is 17.0. The van der Waals surface area contributed by atoms with Gasteiger partial charge >= 0.3 is 0 Å². The van der Waals surface area contributed by atoms with E-state index in [9.17, 15) is 4.79 Å². The van der Waals surface area contributed by atoms with Crippen molar-refractivity contribution < 1.29 is 9.53 Å². The van der Waals surface area contributed by atoms with Crippen molar-refractivity contribution in [2.24, 2.45) is 0 Å². The van der Waals surface area contributed by atoms with Crippen molar-refractivity contribution in [1.82, 2.24) is 9.97 Å². The first-order valence-electron chi connectivity index (χ1n) is 7.85. The third kappa shape index (κ3) is 2.65. The summed E-state index contributed by atoms with van der Waals surface area (Å²) in [5, 5.41) is 4.67. The Morgan fingerprint density at radius 2 is 1.84 bits per heavy atom. The van der Waals surface area contributed by atoms with E-state index in [1.807, 2.05) is 54.6 Å². The average Bonchev–Trinajstić information content (AvgIpc) is 2.67. The Labute approximate surface area is 144 Å². The molecule has 0 saturated carbocycles. The topological polar surface area (TPSA) is 64.1 Å². The number of fused-ring (bicyclic) bond motifs is 2. The SMILES string of the molecule is COc1cnc2ccccc2c1C(=O)Nc1cccc2cccnc12. The van der Waals surface area contributed by atoms with Gasteiger partial charge in [0.2, 0.25) is 0 Å². The lowest BCUT2D eigenvalue weighted by Crippen LogP contribution is -2.14. The van der Waals surface area contributed by atoms with Crippen molar-refractivity contribution in [3.05, 3.63) is 72.6 Å². The van der Waals surface area contributed by atoms with Crippen LogP contribution in [0.25, 0.3) is 21.8 Å². The minimum atomic E-state index is -0.256. The lowest BCUT2D eigenvalue weighted by Gasteiger charge is -2.12. The van der Waals surface area contributed by atoms with E-state index in [2.05, 4.69) is 15.3 Å². The molecule has 2 aromatic heterocycles. The molecule has 0 atom stereocenters. The Kier molecular flexibility index (Phi) is 3.74. The maximum Gasteiger partial charge on any atom is 0.260 e. The van der Waals surface area contributed by atoms with Gasteiger partial charge in [0.05, 0.1) is 35.6 Å². The largest absolute Gasteiger partial charge is 0.494 e. The number of nitrogens with zero attached hydrogens (tertiary/aromatic N) is 2. The van der Waals surface area contributed by atoms with E-state index >= 15 is 0 Å². The van der Waals surface area contributed by atoms with Gasteiger partial charge in [-0.2, -0.15) is 0 Å². The minimum Gasteiger partial charge on any atom is -0.494 e. The molecule has 0 aliphatic carbocycles. The summed E-state index contributed by atoms with van der Waals surface area (Å²) in [7, 11) is 1.53. The van der Waals surface area contributed by atoms with Crippen LogP contribution in [0.2, 0.25) is 0 Å². The monoisotopic (exact) mass is 329 g/mol. The van der Waals surface area contributed by atoms with Gasteiger partial charge in [0.15, 0.2) is 5.75 Å². The van der Waals surface area contributed by atoms with Crippen LogP contribution in [-0.4, -0.2) is 23.0 Å². The molecule has 0 aliphatic heterocycles. The van der Waals surface area contributed by atoms with Crippen molar-refractivity contribution in [3.8, 4) is 5.75 Å². The number of para-hydroxylation sites is 2. The van der Waals surface area contributed by atoms with E-state index in [1.54, 1.807) is 12.4 Å². The van der Waals surface area contributed by atoms with Crippen LogP contribution >= 0.6 is 0 Å². The number of hydrogen-bond acceptors (Lipinski definition) is 4. The number of carbonyl (C=O) groups is 1.